The predicted molar refractivity (Wildman–Crippen MR) is 121 cm³/mol. The van der Waals surface area contributed by atoms with Gasteiger partial charge in [-0.3, -0.25) is 9.59 Å². The van der Waals surface area contributed by atoms with Crippen molar-refractivity contribution in [3.63, 3.8) is 0 Å². The molecule has 0 bridgehead atoms. The first-order valence-corrected chi connectivity index (χ1v) is 10.4. The molecule has 3 aromatic rings. The number of ether oxygens (including phenoxy) is 1. The number of benzene rings is 2. The Morgan fingerprint density at radius 3 is 2.48 bits per heavy atom. The number of carbonyl (C=O) groups excluding carboxylic acids is 1. The molecule has 31 heavy (non-hydrogen) atoms. The van der Waals surface area contributed by atoms with Crippen molar-refractivity contribution < 1.29 is 9.53 Å². The van der Waals surface area contributed by atoms with Gasteiger partial charge in [0.2, 0.25) is 5.91 Å². The van der Waals surface area contributed by atoms with Gasteiger partial charge in [-0.2, -0.15) is 0 Å². The van der Waals surface area contributed by atoms with Crippen LogP contribution in [0.1, 0.15) is 5.56 Å². The van der Waals surface area contributed by atoms with E-state index in [9.17, 15) is 9.59 Å². The lowest BCUT2D eigenvalue weighted by molar-refractivity contribution is -0.130. The lowest BCUT2D eigenvalue weighted by Crippen LogP contribution is -2.49. The summed E-state index contributed by atoms with van der Waals surface area (Å²) < 4.78 is 5.44. The van der Waals surface area contributed by atoms with Gasteiger partial charge in [-0.05, 0) is 36.4 Å². The summed E-state index contributed by atoms with van der Waals surface area (Å²) in [5.41, 5.74) is 1.83. The summed E-state index contributed by atoms with van der Waals surface area (Å²) in [5.74, 6) is 1.19. The van der Waals surface area contributed by atoms with Crippen LogP contribution in [-0.2, 0) is 11.2 Å². The van der Waals surface area contributed by atoms with Crippen LogP contribution in [0.15, 0.2) is 59.5 Å². The van der Waals surface area contributed by atoms with Crippen LogP contribution in [0.2, 0.25) is 5.02 Å². The Kier molecular flexibility index (Phi) is 6.23. The number of nitrogens with one attached hydrogen (secondary N) is 1. The number of rotatable bonds is 5. The number of amides is 1. The van der Waals surface area contributed by atoms with E-state index in [-0.39, 0.29) is 17.9 Å². The highest BCUT2D eigenvalue weighted by molar-refractivity contribution is 6.30. The first-order chi connectivity index (χ1) is 15.0. The van der Waals surface area contributed by atoms with Crippen LogP contribution in [0.3, 0.4) is 0 Å². The quantitative estimate of drug-likeness (QED) is 0.662. The molecular formula is C23H23ClN4O3. The maximum atomic E-state index is 12.8. The fourth-order valence-electron chi connectivity index (χ4n) is 3.66. The van der Waals surface area contributed by atoms with Crippen molar-refractivity contribution in [2.75, 3.05) is 38.2 Å². The largest absolute Gasteiger partial charge is 0.495 e. The molecule has 0 spiro atoms. The fourth-order valence-corrected chi connectivity index (χ4v) is 3.79. The molecule has 0 unspecified atom stereocenters. The van der Waals surface area contributed by atoms with Crippen LogP contribution in [-0.4, -0.2) is 54.1 Å². The summed E-state index contributed by atoms with van der Waals surface area (Å²) >= 11 is 5.90. The van der Waals surface area contributed by atoms with Gasteiger partial charge in [-0.15, -0.1) is 0 Å². The monoisotopic (exact) mass is 438 g/mol. The molecule has 1 aliphatic heterocycles. The van der Waals surface area contributed by atoms with Gasteiger partial charge in [-0.1, -0.05) is 23.7 Å². The Labute approximate surface area is 185 Å². The Morgan fingerprint density at radius 2 is 1.81 bits per heavy atom. The van der Waals surface area contributed by atoms with E-state index in [1.54, 1.807) is 36.3 Å². The summed E-state index contributed by atoms with van der Waals surface area (Å²) in [6.07, 6.45) is 1.50. The zero-order valence-corrected chi connectivity index (χ0v) is 17.9. The summed E-state index contributed by atoms with van der Waals surface area (Å²) in [5, 5.41) is 0.610. The number of methoxy groups -OCH3 is 1. The third-order valence-electron chi connectivity index (χ3n) is 5.39. The number of hydrogen-bond donors (Lipinski definition) is 1. The summed E-state index contributed by atoms with van der Waals surface area (Å²) in [7, 11) is 1.66. The van der Waals surface area contributed by atoms with Crippen LogP contribution in [0, 0.1) is 0 Å². The molecule has 8 heteroatoms. The third-order valence-corrected chi connectivity index (χ3v) is 5.64. The highest BCUT2D eigenvalue weighted by atomic mass is 35.5. The number of hydrogen-bond acceptors (Lipinski definition) is 5. The molecule has 4 rings (SSSR count). The average molecular weight is 439 g/mol. The zero-order valence-electron chi connectivity index (χ0n) is 17.2. The van der Waals surface area contributed by atoms with Crippen LogP contribution in [0.4, 0.5) is 5.69 Å². The Bertz CT molecular complexity index is 1120. The SMILES string of the molecule is COc1ccccc1N1CCN(C(=O)Cc2cnc(-c3ccc(Cl)cc3)[nH]c2=O)CC1. The average Bonchev–Trinajstić information content (AvgIpc) is 2.81. The molecule has 1 aromatic heterocycles. The number of aromatic amines is 1. The minimum atomic E-state index is -0.305. The van der Waals surface area contributed by atoms with Gasteiger partial charge in [-0.25, -0.2) is 4.98 Å². The van der Waals surface area contributed by atoms with Crippen molar-refractivity contribution in [3.05, 3.63) is 75.7 Å². The molecule has 2 heterocycles. The molecule has 0 atom stereocenters. The second-order valence-electron chi connectivity index (χ2n) is 7.31. The standard InChI is InChI=1S/C23H23ClN4O3/c1-31-20-5-3-2-4-19(20)27-10-12-28(13-11-27)21(29)14-17-15-25-22(26-23(17)30)16-6-8-18(24)9-7-16/h2-9,15H,10-14H2,1H3,(H,25,26,30). The van der Waals surface area contributed by atoms with Gasteiger partial charge >= 0.3 is 0 Å². The molecule has 1 amide bonds. The Hall–Kier alpha value is -3.32. The fraction of sp³-hybridized carbons (Fsp3) is 0.261. The minimum absolute atomic E-state index is 0.0257. The number of nitrogens with zero attached hydrogens (tertiary/aromatic N) is 3. The molecule has 0 aliphatic carbocycles. The van der Waals surface area contributed by atoms with Gasteiger partial charge in [0, 0.05) is 48.5 Å². The Balaban J connectivity index is 1.39. The highest BCUT2D eigenvalue weighted by Gasteiger charge is 2.23. The maximum absolute atomic E-state index is 12.8. The molecule has 0 saturated carbocycles. The zero-order chi connectivity index (χ0) is 21.8. The van der Waals surface area contributed by atoms with Crippen LogP contribution in [0.5, 0.6) is 5.75 Å². The number of para-hydroxylation sites is 2. The number of piperazine rings is 1. The van der Waals surface area contributed by atoms with Gasteiger partial charge in [0.1, 0.15) is 11.6 Å². The number of aromatic nitrogens is 2. The second-order valence-corrected chi connectivity index (χ2v) is 7.75. The first-order valence-electron chi connectivity index (χ1n) is 10.0. The number of carbonyl (C=O) groups is 1. The second kappa shape index (κ2) is 9.22. The van der Waals surface area contributed by atoms with Crippen molar-refractivity contribution in [2.24, 2.45) is 0 Å². The summed E-state index contributed by atoms with van der Waals surface area (Å²) in [6, 6.07) is 14.9. The molecule has 1 aliphatic rings. The van der Waals surface area contributed by atoms with Gasteiger partial charge in [0.05, 0.1) is 19.2 Å². The maximum Gasteiger partial charge on any atom is 0.254 e. The minimum Gasteiger partial charge on any atom is -0.495 e. The van der Waals surface area contributed by atoms with Gasteiger partial charge < -0.3 is 19.5 Å². The van der Waals surface area contributed by atoms with E-state index in [2.05, 4.69) is 14.9 Å². The third kappa shape index (κ3) is 4.72. The van der Waals surface area contributed by atoms with Crippen LogP contribution in [0.25, 0.3) is 11.4 Å². The van der Waals surface area contributed by atoms with E-state index in [1.807, 2.05) is 24.3 Å². The van der Waals surface area contributed by atoms with Crippen molar-refractivity contribution in [1.82, 2.24) is 14.9 Å². The molecule has 0 radical (unpaired) electrons. The smallest absolute Gasteiger partial charge is 0.254 e. The summed E-state index contributed by atoms with van der Waals surface area (Å²) in [6.45, 7) is 2.59. The van der Waals surface area contributed by atoms with E-state index in [4.69, 9.17) is 16.3 Å². The van der Waals surface area contributed by atoms with Crippen molar-refractivity contribution in [3.8, 4) is 17.1 Å². The van der Waals surface area contributed by atoms with E-state index in [0.29, 0.717) is 42.6 Å². The summed E-state index contributed by atoms with van der Waals surface area (Å²) in [4.78, 5) is 36.3. The van der Waals surface area contributed by atoms with Crippen LogP contribution >= 0.6 is 11.6 Å². The number of anilines is 1. The molecular weight excluding hydrogens is 416 g/mol. The van der Waals surface area contributed by atoms with Crippen LogP contribution < -0.4 is 15.2 Å². The predicted octanol–water partition coefficient (Wildman–Crippen LogP) is 2.99. The number of halogens is 1. The lowest BCUT2D eigenvalue weighted by atomic mass is 10.1. The Morgan fingerprint density at radius 1 is 1.10 bits per heavy atom. The van der Waals surface area contributed by atoms with E-state index in [1.165, 1.54) is 6.20 Å². The van der Waals surface area contributed by atoms with Gasteiger partial charge in [0.25, 0.3) is 5.56 Å². The molecule has 1 fully saturated rings. The topological polar surface area (TPSA) is 78.5 Å². The van der Waals surface area contributed by atoms with E-state index < -0.39 is 0 Å². The van der Waals surface area contributed by atoms with Crippen molar-refractivity contribution in [2.45, 2.75) is 6.42 Å². The molecule has 7 nitrogen and oxygen atoms in total. The normalized spacial score (nSPS) is 13.9. The van der Waals surface area contributed by atoms with Crippen molar-refractivity contribution >= 4 is 23.2 Å². The van der Waals surface area contributed by atoms with E-state index in [0.717, 1.165) is 17.0 Å². The molecule has 2 aromatic carbocycles. The molecule has 1 saturated heterocycles. The van der Waals surface area contributed by atoms with E-state index >= 15 is 0 Å². The molecule has 160 valence electrons. The first kappa shape index (κ1) is 20.9. The highest BCUT2D eigenvalue weighted by Crippen LogP contribution is 2.28. The number of H-pyrrole nitrogens is 1. The lowest BCUT2D eigenvalue weighted by Gasteiger charge is -2.36. The molecule has 1 N–H and O–H groups in total. The van der Waals surface area contributed by atoms with Crippen molar-refractivity contribution in [1.29, 1.82) is 0 Å². The van der Waals surface area contributed by atoms with Gasteiger partial charge in [0.15, 0.2) is 0 Å².